The molecule has 0 bridgehead atoms. The zero-order chi connectivity index (χ0) is 19.0. The van der Waals surface area contributed by atoms with E-state index in [0.717, 1.165) is 69.4 Å². The summed E-state index contributed by atoms with van der Waals surface area (Å²) in [5.41, 5.74) is 5.18. The Morgan fingerprint density at radius 1 is 1.22 bits per heavy atom. The van der Waals surface area contributed by atoms with Gasteiger partial charge in [0.05, 0.1) is 12.8 Å². The second-order valence-electron chi connectivity index (χ2n) is 6.70. The summed E-state index contributed by atoms with van der Waals surface area (Å²) in [6.07, 6.45) is 3.24. The van der Waals surface area contributed by atoms with Crippen LogP contribution in [0.25, 0.3) is 16.9 Å². The van der Waals surface area contributed by atoms with Gasteiger partial charge in [-0.2, -0.15) is 5.10 Å². The van der Waals surface area contributed by atoms with Crippen LogP contribution in [0.5, 0.6) is 5.75 Å². The molecule has 4 nitrogen and oxygen atoms in total. The van der Waals surface area contributed by atoms with Crippen LogP contribution in [-0.2, 0) is 6.42 Å². The molecule has 0 amide bonds. The molecule has 6 heteroatoms. The minimum absolute atomic E-state index is 0.743. The summed E-state index contributed by atoms with van der Waals surface area (Å²) >= 11 is 9.97. The molecule has 2 heterocycles. The molecule has 27 heavy (non-hydrogen) atoms. The van der Waals surface area contributed by atoms with E-state index in [2.05, 4.69) is 33.4 Å². The largest absolute Gasteiger partial charge is 0.496 e. The number of halogens is 2. The fourth-order valence-corrected chi connectivity index (χ4v) is 4.11. The van der Waals surface area contributed by atoms with Crippen LogP contribution in [0.3, 0.4) is 0 Å². The van der Waals surface area contributed by atoms with E-state index in [9.17, 15) is 0 Å². The first-order valence-corrected chi connectivity index (χ1v) is 10.2. The van der Waals surface area contributed by atoms with Crippen molar-refractivity contribution in [2.75, 3.05) is 19.0 Å². The fourth-order valence-electron chi connectivity index (χ4n) is 3.58. The van der Waals surface area contributed by atoms with E-state index in [1.807, 2.05) is 35.9 Å². The SMILES string of the molecule is COc1ccc(Br)cc1-c1nn(-c2cccc(Cl)c2C)c2c1CCCCN2. The average Bonchev–Trinajstić information content (AvgIpc) is 2.85. The number of rotatable bonds is 3. The molecule has 0 fully saturated rings. The van der Waals surface area contributed by atoms with Crippen LogP contribution in [0.2, 0.25) is 5.02 Å². The van der Waals surface area contributed by atoms with E-state index in [-0.39, 0.29) is 0 Å². The molecule has 0 aliphatic carbocycles. The molecule has 0 saturated heterocycles. The van der Waals surface area contributed by atoms with Gasteiger partial charge in [-0.3, -0.25) is 0 Å². The summed E-state index contributed by atoms with van der Waals surface area (Å²) < 4.78 is 8.62. The Bertz CT molecular complexity index is 999. The van der Waals surface area contributed by atoms with E-state index in [4.69, 9.17) is 21.4 Å². The highest BCUT2D eigenvalue weighted by Crippen LogP contribution is 2.39. The van der Waals surface area contributed by atoms with Crippen LogP contribution in [0.4, 0.5) is 5.82 Å². The smallest absolute Gasteiger partial charge is 0.133 e. The molecular formula is C21H21BrClN3O. The molecule has 0 radical (unpaired) electrons. The number of benzene rings is 2. The Hall–Kier alpha value is -1.98. The standard InChI is InChI=1S/C21H21BrClN3O/c1-13-17(23)7-5-8-18(13)26-21-15(6-3-4-11-24-21)20(25-26)16-12-14(22)9-10-19(16)27-2/h5,7-10,12,24H,3-4,6,11H2,1-2H3. The molecule has 0 spiro atoms. The second-order valence-corrected chi connectivity index (χ2v) is 8.02. The number of hydrogen-bond acceptors (Lipinski definition) is 3. The maximum absolute atomic E-state index is 6.38. The first kappa shape index (κ1) is 18.4. The van der Waals surface area contributed by atoms with Crippen molar-refractivity contribution in [2.24, 2.45) is 0 Å². The van der Waals surface area contributed by atoms with Crippen molar-refractivity contribution in [1.82, 2.24) is 9.78 Å². The minimum atomic E-state index is 0.743. The Labute approximate surface area is 172 Å². The quantitative estimate of drug-likeness (QED) is 0.534. The number of aromatic nitrogens is 2. The minimum Gasteiger partial charge on any atom is -0.496 e. The van der Waals surface area contributed by atoms with Crippen LogP contribution in [0.1, 0.15) is 24.0 Å². The predicted molar refractivity (Wildman–Crippen MR) is 114 cm³/mol. The van der Waals surface area contributed by atoms with Crippen molar-refractivity contribution < 1.29 is 4.74 Å². The van der Waals surface area contributed by atoms with Crippen molar-refractivity contribution in [1.29, 1.82) is 0 Å². The predicted octanol–water partition coefficient (Wildman–Crippen LogP) is 6.02. The summed E-state index contributed by atoms with van der Waals surface area (Å²) in [5, 5.41) is 9.35. The topological polar surface area (TPSA) is 39.1 Å². The summed E-state index contributed by atoms with van der Waals surface area (Å²) in [7, 11) is 1.70. The first-order chi connectivity index (χ1) is 13.1. The molecule has 0 unspecified atom stereocenters. The summed E-state index contributed by atoms with van der Waals surface area (Å²) in [6, 6.07) is 12.0. The van der Waals surface area contributed by atoms with Gasteiger partial charge in [0.1, 0.15) is 17.3 Å². The number of fused-ring (bicyclic) bond motifs is 1. The first-order valence-electron chi connectivity index (χ1n) is 9.05. The highest BCUT2D eigenvalue weighted by molar-refractivity contribution is 9.10. The number of hydrogen-bond donors (Lipinski definition) is 1. The maximum Gasteiger partial charge on any atom is 0.133 e. The normalized spacial score (nSPS) is 13.6. The van der Waals surface area contributed by atoms with Gasteiger partial charge >= 0.3 is 0 Å². The van der Waals surface area contributed by atoms with Crippen LogP contribution < -0.4 is 10.1 Å². The zero-order valence-corrected chi connectivity index (χ0v) is 17.7. The average molecular weight is 447 g/mol. The van der Waals surface area contributed by atoms with Gasteiger partial charge in [0.2, 0.25) is 0 Å². The molecule has 2 aromatic carbocycles. The third-order valence-electron chi connectivity index (χ3n) is 5.01. The van der Waals surface area contributed by atoms with Gasteiger partial charge in [-0.25, -0.2) is 4.68 Å². The summed E-state index contributed by atoms with van der Waals surface area (Å²) in [6.45, 7) is 2.97. The fraction of sp³-hybridized carbons (Fsp3) is 0.286. The van der Waals surface area contributed by atoms with Crippen molar-refractivity contribution in [3.8, 4) is 22.7 Å². The van der Waals surface area contributed by atoms with Crippen molar-refractivity contribution in [3.63, 3.8) is 0 Å². The zero-order valence-electron chi connectivity index (χ0n) is 15.4. The van der Waals surface area contributed by atoms with Crippen molar-refractivity contribution in [2.45, 2.75) is 26.2 Å². The molecule has 1 N–H and O–H groups in total. The van der Waals surface area contributed by atoms with Gasteiger partial charge in [-0.1, -0.05) is 33.6 Å². The number of ether oxygens (including phenoxy) is 1. The van der Waals surface area contributed by atoms with Gasteiger partial charge in [0.15, 0.2) is 0 Å². The molecule has 140 valence electrons. The maximum atomic E-state index is 6.38. The van der Waals surface area contributed by atoms with E-state index < -0.39 is 0 Å². The molecule has 1 aliphatic heterocycles. The third kappa shape index (κ3) is 3.34. The Balaban J connectivity index is 1.98. The molecule has 4 rings (SSSR count). The highest BCUT2D eigenvalue weighted by atomic mass is 79.9. The lowest BCUT2D eigenvalue weighted by Gasteiger charge is -2.12. The summed E-state index contributed by atoms with van der Waals surface area (Å²) in [4.78, 5) is 0. The van der Waals surface area contributed by atoms with Gasteiger partial charge in [-0.15, -0.1) is 0 Å². The molecular weight excluding hydrogens is 426 g/mol. The monoisotopic (exact) mass is 445 g/mol. The van der Waals surface area contributed by atoms with Gasteiger partial charge in [0.25, 0.3) is 0 Å². The highest BCUT2D eigenvalue weighted by Gasteiger charge is 2.24. The lowest BCUT2D eigenvalue weighted by Crippen LogP contribution is -2.08. The molecule has 3 aromatic rings. The van der Waals surface area contributed by atoms with Gasteiger partial charge in [-0.05, 0) is 62.1 Å². The van der Waals surface area contributed by atoms with Crippen LogP contribution in [-0.4, -0.2) is 23.4 Å². The number of methoxy groups -OCH3 is 1. The third-order valence-corrected chi connectivity index (χ3v) is 5.92. The number of anilines is 1. The Morgan fingerprint density at radius 3 is 2.89 bits per heavy atom. The lowest BCUT2D eigenvalue weighted by molar-refractivity contribution is 0.416. The molecule has 1 aliphatic rings. The Kier molecular flexibility index (Phi) is 5.15. The van der Waals surface area contributed by atoms with E-state index in [1.54, 1.807) is 7.11 Å². The molecule has 1 aromatic heterocycles. The number of nitrogens with zero attached hydrogens (tertiary/aromatic N) is 2. The van der Waals surface area contributed by atoms with E-state index >= 15 is 0 Å². The van der Waals surface area contributed by atoms with Crippen molar-refractivity contribution in [3.05, 3.63) is 57.0 Å². The van der Waals surface area contributed by atoms with Crippen LogP contribution in [0.15, 0.2) is 40.9 Å². The molecule has 0 atom stereocenters. The van der Waals surface area contributed by atoms with Crippen LogP contribution >= 0.6 is 27.5 Å². The van der Waals surface area contributed by atoms with Gasteiger partial charge < -0.3 is 10.1 Å². The number of nitrogens with one attached hydrogen (secondary N) is 1. The molecule has 0 saturated carbocycles. The van der Waals surface area contributed by atoms with Crippen LogP contribution in [0, 0.1) is 6.92 Å². The van der Waals surface area contributed by atoms with Crippen molar-refractivity contribution >= 4 is 33.3 Å². The summed E-state index contributed by atoms with van der Waals surface area (Å²) in [5.74, 6) is 1.87. The van der Waals surface area contributed by atoms with Gasteiger partial charge in [0, 0.05) is 27.2 Å². The van der Waals surface area contributed by atoms with E-state index in [0.29, 0.717) is 0 Å². The van der Waals surface area contributed by atoms with E-state index in [1.165, 1.54) is 5.56 Å². The second kappa shape index (κ2) is 7.56. The Morgan fingerprint density at radius 2 is 2.07 bits per heavy atom. The lowest BCUT2D eigenvalue weighted by atomic mass is 10.0.